The van der Waals surface area contributed by atoms with Gasteiger partial charge in [0.25, 0.3) is 0 Å². The molecule has 0 saturated carbocycles. The molecule has 92 valence electrons. The van der Waals surface area contributed by atoms with Gasteiger partial charge in [0, 0.05) is 18.2 Å². The monoisotopic (exact) mass is 303 g/mol. The minimum Gasteiger partial charge on any atom is -0.506 e. The van der Waals surface area contributed by atoms with Gasteiger partial charge in [-0.25, -0.2) is 4.39 Å². The second-order valence-electron chi connectivity index (χ2n) is 4.02. The molecule has 2 unspecified atom stereocenters. The van der Waals surface area contributed by atoms with E-state index in [4.69, 9.17) is 5.11 Å². The van der Waals surface area contributed by atoms with Gasteiger partial charge in [-0.15, -0.1) is 0 Å². The minimum atomic E-state index is -0.908. The van der Waals surface area contributed by atoms with Gasteiger partial charge in [-0.3, -0.25) is 4.79 Å². The van der Waals surface area contributed by atoms with Crippen LogP contribution in [0.2, 0.25) is 0 Å². The van der Waals surface area contributed by atoms with Crippen molar-refractivity contribution in [3.8, 4) is 5.75 Å². The van der Waals surface area contributed by atoms with E-state index >= 15 is 0 Å². The normalized spacial score (nSPS) is 23.9. The summed E-state index contributed by atoms with van der Waals surface area (Å²) in [7, 11) is 0. The standard InChI is InChI=1S/C11H11BrFNO3/c12-6-1-2-7(13)9(10(6)15)8-3-5(4-14-8)11(16)17/h1-2,5,8,14-15H,3-4H2,(H,16,17). The smallest absolute Gasteiger partial charge is 0.307 e. The molecule has 1 aromatic rings. The third-order valence-electron chi connectivity index (χ3n) is 2.94. The molecule has 2 rings (SSSR count). The molecule has 0 aromatic heterocycles. The molecular formula is C11H11BrFNO3. The molecule has 6 heteroatoms. The summed E-state index contributed by atoms with van der Waals surface area (Å²) >= 11 is 3.11. The van der Waals surface area contributed by atoms with E-state index in [0.29, 0.717) is 4.47 Å². The summed E-state index contributed by atoms with van der Waals surface area (Å²) in [6.45, 7) is 0.283. The molecule has 0 amide bonds. The predicted octanol–water partition coefficient (Wildman–Crippen LogP) is 2.03. The summed E-state index contributed by atoms with van der Waals surface area (Å²) < 4.78 is 14.0. The Morgan fingerprint density at radius 2 is 2.24 bits per heavy atom. The van der Waals surface area contributed by atoms with Crippen LogP contribution in [0.15, 0.2) is 16.6 Å². The lowest BCUT2D eigenvalue weighted by molar-refractivity contribution is -0.141. The van der Waals surface area contributed by atoms with Gasteiger partial charge in [0.1, 0.15) is 11.6 Å². The fourth-order valence-corrected chi connectivity index (χ4v) is 2.38. The van der Waals surface area contributed by atoms with Gasteiger partial charge in [0.2, 0.25) is 0 Å². The zero-order valence-electron chi connectivity index (χ0n) is 8.78. The van der Waals surface area contributed by atoms with Gasteiger partial charge in [-0.05, 0) is 34.5 Å². The number of aliphatic carboxylic acids is 1. The van der Waals surface area contributed by atoms with Gasteiger partial charge < -0.3 is 15.5 Å². The highest BCUT2D eigenvalue weighted by Crippen LogP contribution is 2.38. The number of aromatic hydroxyl groups is 1. The number of nitrogens with one attached hydrogen (secondary N) is 1. The molecule has 0 aliphatic carbocycles. The Labute approximate surface area is 106 Å². The highest BCUT2D eigenvalue weighted by Gasteiger charge is 2.33. The molecule has 0 radical (unpaired) electrons. The van der Waals surface area contributed by atoms with Crippen molar-refractivity contribution in [2.75, 3.05) is 6.54 Å². The first-order valence-electron chi connectivity index (χ1n) is 5.13. The minimum absolute atomic E-state index is 0.128. The molecule has 2 atom stereocenters. The largest absolute Gasteiger partial charge is 0.506 e. The van der Waals surface area contributed by atoms with Crippen LogP contribution in [-0.4, -0.2) is 22.7 Å². The number of carboxylic acid groups (broad SMARTS) is 1. The van der Waals surface area contributed by atoms with E-state index in [2.05, 4.69) is 21.2 Å². The van der Waals surface area contributed by atoms with Crippen molar-refractivity contribution in [2.45, 2.75) is 12.5 Å². The van der Waals surface area contributed by atoms with Crippen LogP contribution >= 0.6 is 15.9 Å². The van der Waals surface area contributed by atoms with E-state index in [-0.39, 0.29) is 24.3 Å². The summed E-state index contributed by atoms with van der Waals surface area (Å²) in [6.07, 6.45) is 0.274. The molecule has 1 aromatic carbocycles. The van der Waals surface area contributed by atoms with E-state index in [1.165, 1.54) is 12.1 Å². The van der Waals surface area contributed by atoms with Crippen LogP contribution in [0.5, 0.6) is 5.75 Å². The number of carboxylic acids is 1. The first-order valence-corrected chi connectivity index (χ1v) is 5.93. The highest BCUT2D eigenvalue weighted by atomic mass is 79.9. The van der Waals surface area contributed by atoms with Crippen molar-refractivity contribution in [3.63, 3.8) is 0 Å². The maximum Gasteiger partial charge on any atom is 0.307 e. The fraction of sp³-hybridized carbons (Fsp3) is 0.364. The Balaban J connectivity index is 2.30. The molecule has 1 fully saturated rings. The van der Waals surface area contributed by atoms with Gasteiger partial charge in [0.15, 0.2) is 0 Å². The Hall–Kier alpha value is -1.14. The maximum absolute atomic E-state index is 13.6. The number of carbonyl (C=O) groups is 1. The average Bonchev–Trinajstić information content (AvgIpc) is 2.73. The SMILES string of the molecule is O=C(O)C1CNC(c2c(F)ccc(Br)c2O)C1. The Morgan fingerprint density at radius 3 is 2.82 bits per heavy atom. The summed E-state index contributed by atoms with van der Waals surface area (Å²) in [6, 6.07) is 2.20. The van der Waals surface area contributed by atoms with Gasteiger partial charge in [-0.1, -0.05) is 0 Å². The number of halogens is 2. The second kappa shape index (κ2) is 4.62. The van der Waals surface area contributed by atoms with Crippen LogP contribution in [0.1, 0.15) is 18.0 Å². The topological polar surface area (TPSA) is 69.6 Å². The third kappa shape index (κ3) is 2.28. The Morgan fingerprint density at radius 1 is 1.53 bits per heavy atom. The van der Waals surface area contributed by atoms with Crippen molar-refractivity contribution in [2.24, 2.45) is 5.92 Å². The van der Waals surface area contributed by atoms with Crippen molar-refractivity contribution in [3.05, 3.63) is 28.0 Å². The number of hydrogen-bond donors (Lipinski definition) is 3. The number of phenols is 1. The lowest BCUT2D eigenvalue weighted by Crippen LogP contribution is -2.17. The van der Waals surface area contributed by atoms with Crippen LogP contribution in [0, 0.1) is 11.7 Å². The lowest BCUT2D eigenvalue weighted by atomic mass is 9.99. The molecule has 1 heterocycles. The average molecular weight is 304 g/mol. The predicted molar refractivity (Wildman–Crippen MR) is 62.3 cm³/mol. The first-order chi connectivity index (χ1) is 8.00. The summed E-state index contributed by atoms with van der Waals surface area (Å²) in [5, 5.41) is 21.6. The highest BCUT2D eigenvalue weighted by molar-refractivity contribution is 9.10. The molecule has 1 aliphatic rings. The number of phenolic OH excluding ortho intramolecular Hbond substituents is 1. The fourth-order valence-electron chi connectivity index (χ4n) is 2.03. The quantitative estimate of drug-likeness (QED) is 0.782. The summed E-state index contributed by atoms with van der Waals surface area (Å²) in [4.78, 5) is 10.8. The number of hydrogen-bond acceptors (Lipinski definition) is 3. The molecule has 1 saturated heterocycles. The van der Waals surface area contributed by atoms with Crippen molar-refractivity contribution in [1.82, 2.24) is 5.32 Å². The third-order valence-corrected chi connectivity index (χ3v) is 3.58. The number of benzene rings is 1. The van der Waals surface area contributed by atoms with Crippen molar-refractivity contribution >= 4 is 21.9 Å². The Kier molecular flexibility index (Phi) is 3.35. The molecule has 3 N–H and O–H groups in total. The van der Waals surface area contributed by atoms with E-state index in [1.807, 2.05) is 0 Å². The molecule has 0 spiro atoms. The van der Waals surface area contributed by atoms with Crippen LogP contribution < -0.4 is 5.32 Å². The van der Waals surface area contributed by atoms with Crippen LogP contribution in [-0.2, 0) is 4.79 Å². The Bertz CT molecular complexity index is 466. The summed E-state index contributed by atoms with van der Waals surface area (Å²) in [5.74, 6) is -2.16. The van der Waals surface area contributed by atoms with Crippen molar-refractivity contribution in [1.29, 1.82) is 0 Å². The van der Waals surface area contributed by atoms with E-state index in [9.17, 15) is 14.3 Å². The molecule has 17 heavy (non-hydrogen) atoms. The van der Waals surface area contributed by atoms with Crippen LogP contribution in [0.3, 0.4) is 0 Å². The van der Waals surface area contributed by atoms with Crippen LogP contribution in [0.4, 0.5) is 4.39 Å². The van der Waals surface area contributed by atoms with Gasteiger partial charge >= 0.3 is 5.97 Å². The van der Waals surface area contributed by atoms with Crippen molar-refractivity contribution < 1.29 is 19.4 Å². The van der Waals surface area contributed by atoms with Gasteiger partial charge in [0.05, 0.1) is 10.4 Å². The van der Waals surface area contributed by atoms with Gasteiger partial charge in [-0.2, -0.15) is 0 Å². The first kappa shape index (κ1) is 12.3. The van der Waals surface area contributed by atoms with E-state index in [1.54, 1.807) is 0 Å². The molecule has 4 nitrogen and oxygen atoms in total. The van der Waals surface area contributed by atoms with Crippen LogP contribution in [0.25, 0.3) is 0 Å². The summed E-state index contributed by atoms with van der Waals surface area (Å²) in [5.41, 5.74) is 0.128. The molecule has 0 bridgehead atoms. The second-order valence-corrected chi connectivity index (χ2v) is 4.88. The maximum atomic E-state index is 13.6. The lowest BCUT2D eigenvalue weighted by Gasteiger charge is -2.14. The zero-order valence-corrected chi connectivity index (χ0v) is 10.4. The molecular weight excluding hydrogens is 293 g/mol. The zero-order chi connectivity index (χ0) is 12.6. The molecule has 1 aliphatic heterocycles. The van der Waals surface area contributed by atoms with E-state index in [0.717, 1.165) is 0 Å². The van der Waals surface area contributed by atoms with E-state index < -0.39 is 23.7 Å². The number of rotatable bonds is 2.